The summed E-state index contributed by atoms with van der Waals surface area (Å²) in [5.41, 5.74) is 1.52. The van der Waals surface area contributed by atoms with Crippen molar-refractivity contribution in [3.05, 3.63) is 59.0 Å². The van der Waals surface area contributed by atoms with E-state index in [1.807, 2.05) is 0 Å². The van der Waals surface area contributed by atoms with Crippen LogP contribution in [0, 0.1) is 23.4 Å². The van der Waals surface area contributed by atoms with Gasteiger partial charge in [-0.3, -0.25) is 9.89 Å². The van der Waals surface area contributed by atoms with Crippen LogP contribution in [-0.2, 0) is 4.79 Å². The van der Waals surface area contributed by atoms with Gasteiger partial charge in [0, 0.05) is 17.9 Å². The molecule has 1 saturated carbocycles. The maximum absolute atomic E-state index is 14.2. The molecular formula is C20H16F3N3O. The molecule has 4 rings (SSSR count). The number of aromatic amines is 1. The molecule has 3 aromatic rings. The van der Waals surface area contributed by atoms with E-state index in [4.69, 9.17) is 0 Å². The SMILES string of the molecule is O=C(CC1CC1)Nc1cc2c(/C=C/c3ccc(F)c(F)c3)n[nH]c2cc1F. The van der Waals surface area contributed by atoms with E-state index in [1.165, 1.54) is 18.2 Å². The molecule has 4 nitrogen and oxygen atoms in total. The highest BCUT2D eigenvalue weighted by atomic mass is 19.2. The van der Waals surface area contributed by atoms with Gasteiger partial charge in [-0.2, -0.15) is 5.10 Å². The van der Waals surface area contributed by atoms with Gasteiger partial charge in [0.25, 0.3) is 0 Å². The van der Waals surface area contributed by atoms with Crippen LogP contribution in [0.15, 0.2) is 30.3 Å². The molecule has 7 heteroatoms. The lowest BCUT2D eigenvalue weighted by Crippen LogP contribution is -2.13. The predicted molar refractivity (Wildman–Crippen MR) is 97.3 cm³/mol. The van der Waals surface area contributed by atoms with Gasteiger partial charge < -0.3 is 5.32 Å². The number of H-pyrrole nitrogens is 1. The molecule has 27 heavy (non-hydrogen) atoms. The van der Waals surface area contributed by atoms with Gasteiger partial charge in [-0.25, -0.2) is 13.2 Å². The Morgan fingerprint density at radius 3 is 2.67 bits per heavy atom. The molecule has 0 spiro atoms. The first-order valence-corrected chi connectivity index (χ1v) is 8.60. The molecule has 1 aromatic heterocycles. The molecule has 138 valence electrons. The van der Waals surface area contributed by atoms with Gasteiger partial charge in [0.2, 0.25) is 5.91 Å². The minimum Gasteiger partial charge on any atom is -0.324 e. The summed E-state index contributed by atoms with van der Waals surface area (Å²) in [4.78, 5) is 12.0. The summed E-state index contributed by atoms with van der Waals surface area (Å²) in [6.45, 7) is 0. The van der Waals surface area contributed by atoms with E-state index in [9.17, 15) is 18.0 Å². The topological polar surface area (TPSA) is 57.8 Å². The molecule has 0 bridgehead atoms. The maximum Gasteiger partial charge on any atom is 0.224 e. The summed E-state index contributed by atoms with van der Waals surface area (Å²) in [6, 6.07) is 6.34. The number of carbonyl (C=O) groups excluding carboxylic acids is 1. The predicted octanol–water partition coefficient (Wildman–Crippen LogP) is 4.89. The zero-order chi connectivity index (χ0) is 19.0. The fourth-order valence-corrected chi connectivity index (χ4v) is 2.86. The number of amides is 1. The number of hydrogen-bond acceptors (Lipinski definition) is 2. The number of aromatic nitrogens is 2. The largest absolute Gasteiger partial charge is 0.324 e. The molecule has 0 atom stereocenters. The Hall–Kier alpha value is -3.09. The average Bonchev–Trinajstić information content (AvgIpc) is 3.36. The fourth-order valence-electron chi connectivity index (χ4n) is 2.86. The number of hydrogen-bond donors (Lipinski definition) is 2. The van der Waals surface area contributed by atoms with Crippen LogP contribution in [0.25, 0.3) is 23.1 Å². The van der Waals surface area contributed by atoms with Crippen LogP contribution >= 0.6 is 0 Å². The molecule has 1 heterocycles. The molecule has 0 radical (unpaired) electrons. The summed E-state index contributed by atoms with van der Waals surface area (Å²) in [5.74, 6) is -2.21. The van der Waals surface area contributed by atoms with Gasteiger partial charge in [0.05, 0.1) is 16.9 Å². The molecule has 2 N–H and O–H groups in total. The minimum absolute atomic E-state index is 0.0945. The van der Waals surface area contributed by atoms with Crippen molar-refractivity contribution in [2.24, 2.45) is 5.92 Å². The molecule has 1 aliphatic carbocycles. The highest BCUT2D eigenvalue weighted by Crippen LogP contribution is 2.33. The van der Waals surface area contributed by atoms with E-state index < -0.39 is 17.5 Å². The van der Waals surface area contributed by atoms with Crippen LogP contribution in [0.2, 0.25) is 0 Å². The lowest BCUT2D eigenvalue weighted by Gasteiger charge is -2.06. The van der Waals surface area contributed by atoms with E-state index in [2.05, 4.69) is 15.5 Å². The Kier molecular flexibility index (Phi) is 4.43. The lowest BCUT2D eigenvalue weighted by atomic mass is 10.1. The van der Waals surface area contributed by atoms with E-state index in [-0.39, 0.29) is 11.6 Å². The standard InChI is InChI=1S/C20H16F3N3O/c21-14-5-3-11(7-15(14)22)4-6-17-13-9-19(16(23)10-18(13)26-25-17)24-20(27)8-12-1-2-12/h3-7,9-10,12H,1-2,8H2,(H,24,27)(H,25,26)/b6-4+. The maximum atomic E-state index is 14.2. The number of fused-ring (bicyclic) bond motifs is 1. The second-order valence-electron chi connectivity index (χ2n) is 6.69. The number of anilines is 1. The number of rotatable bonds is 5. The van der Waals surface area contributed by atoms with E-state index in [0.717, 1.165) is 25.0 Å². The molecule has 0 unspecified atom stereocenters. The summed E-state index contributed by atoms with van der Waals surface area (Å²) in [6.07, 6.45) is 5.66. The summed E-state index contributed by atoms with van der Waals surface area (Å²) < 4.78 is 40.5. The van der Waals surface area contributed by atoms with Gasteiger partial charge in [-0.15, -0.1) is 0 Å². The normalized spacial score (nSPS) is 14.2. The van der Waals surface area contributed by atoms with Crippen LogP contribution in [-0.4, -0.2) is 16.1 Å². The summed E-state index contributed by atoms with van der Waals surface area (Å²) in [5, 5.41) is 10.0. The monoisotopic (exact) mass is 371 g/mol. The Morgan fingerprint density at radius 2 is 1.93 bits per heavy atom. The first-order valence-electron chi connectivity index (χ1n) is 8.60. The molecule has 0 aliphatic heterocycles. The Labute approximate surface area is 153 Å². The Bertz CT molecular complexity index is 1050. The van der Waals surface area contributed by atoms with Crippen molar-refractivity contribution < 1.29 is 18.0 Å². The van der Waals surface area contributed by atoms with Crippen molar-refractivity contribution >= 4 is 34.6 Å². The summed E-state index contributed by atoms with van der Waals surface area (Å²) in [7, 11) is 0. The van der Waals surface area contributed by atoms with Crippen molar-refractivity contribution in [1.82, 2.24) is 10.2 Å². The van der Waals surface area contributed by atoms with Crippen LogP contribution in [0.3, 0.4) is 0 Å². The smallest absolute Gasteiger partial charge is 0.224 e. The van der Waals surface area contributed by atoms with Gasteiger partial charge in [-0.1, -0.05) is 12.1 Å². The Morgan fingerprint density at radius 1 is 1.11 bits per heavy atom. The van der Waals surface area contributed by atoms with Gasteiger partial charge in [0.1, 0.15) is 5.82 Å². The molecule has 2 aromatic carbocycles. The van der Waals surface area contributed by atoms with Crippen molar-refractivity contribution in [3.63, 3.8) is 0 Å². The number of nitrogens with one attached hydrogen (secondary N) is 2. The first kappa shape index (κ1) is 17.3. The molecule has 0 saturated heterocycles. The first-order chi connectivity index (χ1) is 13.0. The zero-order valence-corrected chi connectivity index (χ0v) is 14.2. The summed E-state index contributed by atoms with van der Waals surface area (Å²) >= 11 is 0. The minimum atomic E-state index is -0.938. The fraction of sp³-hybridized carbons (Fsp3) is 0.200. The van der Waals surface area contributed by atoms with E-state index in [1.54, 1.807) is 12.2 Å². The number of benzene rings is 2. The van der Waals surface area contributed by atoms with Crippen LogP contribution in [0.5, 0.6) is 0 Å². The van der Waals surface area contributed by atoms with Crippen molar-refractivity contribution in [3.8, 4) is 0 Å². The number of halogens is 3. The average molecular weight is 371 g/mol. The molecule has 1 aliphatic rings. The number of nitrogens with zero attached hydrogens (tertiary/aromatic N) is 1. The van der Waals surface area contributed by atoms with Gasteiger partial charge >= 0.3 is 0 Å². The second-order valence-corrected chi connectivity index (χ2v) is 6.69. The third kappa shape index (κ3) is 3.86. The van der Waals surface area contributed by atoms with Crippen LogP contribution in [0.4, 0.5) is 18.9 Å². The number of carbonyl (C=O) groups is 1. The van der Waals surface area contributed by atoms with Crippen LogP contribution in [0.1, 0.15) is 30.5 Å². The van der Waals surface area contributed by atoms with Crippen molar-refractivity contribution in [2.45, 2.75) is 19.3 Å². The quantitative estimate of drug-likeness (QED) is 0.671. The van der Waals surface area contributed by atoms with Crippen LogP contribution < -0.4 is 5.32 Å². The van der Waals surface area contributed by atoms with Gasteiger partial charge in [0.15, 0.2) is 11.6 Å². The molecule has 1 fully saturated rings. The molecule has 1 amide bonds. The Balaban J connectivity index is 1.60. The molecular weight excluding hydrogens is 355 g/mol. The lowest BCUT2D eigenvalue weighted by molar-refractivity contribution is -0.116. The third-order valence-electron chi connectivity index (χ3n) is 4.50. The third-order valence-corrected chi connectivity index (χ3v) is 4.50. The second kappa shape index (κ2) is 6.90. The van der Waals surface area contributed by atoms with E-state index >= 15 is 0 Å². The zero-order valence-electron chi connectivity index (χ0n) is 14.2. The van der Waals surface area contributed by atoms with Crippen molar-refractivity contribution in [2.75, 3.05) is 5.32 Å². The highest BCUT2D eigenvalue weighted by molar-refractivity contribution is 5.96. The van der Waals surface area contributed by atoms with E-state index in [0.29, 0.717) is 34.5 Å². The van der Waals surface area contributed by atoms with Gasteiger partial charge in [-0.05, 0) is 48.6 Å². The van der Waals surface area contributed by atoms with Crippen molar-refractivity contribution in [1.29, 1.82) is 0 Å². The highest BCUT2D eigenvalue weighted by Gasteiger charge is 2.24.